The summed E-state index contributed by atoms with van der Waals surface area (Å²) in [5, 5.41) is 0.873. The molecule has 3 rings (SSSR count). The van der Waals surface area contributed by atoms with Crippen molar-refractivity contribution >= 4 is 39.0 Å². The molecule has 0 fully saturated rings. The van der Waals surface area contributed by atoms with Crippen molar-refractivity contribution in [3.8, 4) is 5.75 Å². The number of halogens is 2. The van der Waals surface area contributed by atoms with Crippen LogP contribution in [0, 0.1) is 6.92 Å². The standard InChI is InChI=1S/C19H16Cl2N2O3S/c1-13-4-7-15(8-5-13)27(24,25)23-19-18(3-2-10-22-19)26-12-14-6-9-16(20)17(21)11-14/h2-11H,12H2,1H3,(H,22,23). The van der Waals surface area contributed by atoms with Crippen LogP contribution in [0.2, 0.25) is 10.0 Å². The van der Waals surface area contributed by atoms with Gasteiger partial charge < -0.3 is 4.74 Å². The molecule has 3 aromatic rings. The van der Waals surface area contributed by atoms with Crippen molar-refractivity contribution in [3.05, 3.63) is 82.0 Å². The monoisotopic (exact) mass is 422 g/mol. The zero-order valence-corrected chi connectivity index (χ0v) is 16.6. The Bertz CT molecular complexity index is 1050. The smallest absolute Gasteiger partial charge is 0.263 e. The first-order valence-corrected chi connectivity index (χ1v) is 10.2. The van der Waals surface area contributed by atoms with E-state index in [0.717, 1.165) is 11.1 Å². The van der Waals surface area contributed by atoms with Crippen molar-refractivity contribution in [1.82, 2.24) is 4.98 Å². The highest BCUT2D eigenvalue weighted by Gasteiger charge is 2.17. The van der Waals surface area contributed by atoms with Crippen LogP contribution in [0.4, 0.5) is 5.82 Å². The van der Waals surface area contributed by atoms with Crippen LogP contribution in [0.1, 0.15) is 11.1 Å². The average Bonchev–Trinajstić information content (AvgIpc) is 2.64. The first-order chi connectivity index (χ1) is 12.8. The molecule has 0 radical (unpaired) electrons. The summed E-state index contributed by atoms with van der Waals surface area (Å²) in [6.45, 7) is 2.07. The van der Waals surface area contributed by atoms with Gasteiger partial charge in [0.15, 0.2) is 11.6 Å². The Morgan fingerprint density at radius 1 is 1.04 bits per heavy atom. The molecule has 5 nitrogen and oxygen atoms in total. The van der Waals surface area contributed by atoms with Gasteiger partial charge in [-0.25, -0.2) is 13.4 Å². The number of sulfonamides is 1. The highest BCUT2D eigenvalue weighted by Crippen LogP contribution is 2.27. The summed E-state index contributed by atoms with van der Waals surface area (Å²) in [7, 11) is -3.78. The molecule has 1 heterocycles. The van der Waals surface area contributed by atoms with Gasteiger partial charge in [0.25, 0.3) is 10.0 Å². The zero-order chi connectivity index (χ0) is 19.4. The number of nitrogens with zero attached hydrogens (tertiary/aromatic N) is 1. The summed E-state index contributed by atoms with van der Waals surface area (Å²) in [5.41, 5.74) is 1.76. The van der Waals surface area contributed by atoms with Gasteiger partial charge in [-0.15, -0.1) is 0 Å². The van der Waals surface area contributed by atoms with Crippen molar-refractivity contribution in [2.45, 2.75) is 18.4 Å². The summed E-state index contributed by atoms with van der Waals surface area (Å²) >= 11 is 11.9. The van der Waals surface area contributed by atoms with Gasteiger partial charge in [-0.1, -0.05) is 47.0 Å². The number of ether oxygens (including phenoxy) is 1. The van der Waals surface area contributed by atoms with E-state index in [-0.39, 0.29) is 17.3 Å². The lowest BCUT2D eigenvalue weighted by Crippen LogP contribution is -2.15. The third-order valence-electron chi connectivity index (χ3n) is 3.71. The molecule has 1 aromatic heterocycles. The van der Waals surface area contributed by atoms with Crippen LogP contribution in [0.15, 0.2) is 65.7 Å². The van der Waals surface area contributed by atoms with E-state index in [4.69, 9.17) is 27.9 Å². The van der Waals surface area contributed by atoms with E-state index in [9.17, 15) is 8.42 Å². The van der Waals surface area contributed by atoms with Gasteiger partial charge in [0, 0.05) is 6.20 Å². The second kappa shape index (κ2) is 8.17. The number of aryl methyl sites for hydroxylation is 1. The number of benzene rings is 2. The fourth-order valence-corrected chi connectivity index (χ4v) is 3.62. The minimum atomic E-state index is -3.78. The molecule has 0 saturated carbocycles. The normalized spacial score (nSPS) is 11.2. The quantitative estimate of drug-likeness (QED) is 0.601. The van der Waals surface area contributed by atoms with Crippen molar-refractivity contribution in [3.63, 3.8) is 0 Å². The summed E-state index contributed by atoms with van der Waals surface area (Å²) < 4.78 is 33.4. The van der Waals surface area contributed by atoms with Crippen LogP contribution in [0.3, 0.4) is 0 Å². The van der Waals surface area contributed by atoms with Gasteiger partial charge in [-0.2, -0.15) is 0 Å². The molecule has 0 bridgehead atoms. The highest BCUT2D eigenvalue weighted by molar-refractivity contribution is 7.92. The minimum absolute atomic E-state index is 0.109. The predicted octanol–water partition coefficient (Wildman–Crippen LogP) is 5.08. The Labute approximate surface area is 168 Å². The summed E-state index contributed by atoms with van der Waals surface area (Å²) in [4.78, 5) is 4.24. The molecule has 1 N–H and O–H groups in total. The molecule has 0 atom stereocenters. The Morgan fingerprint density at radius 3 is 2.48 bits per heavy atom. The lowest BCUT2D eigenvalue weighted by molar-refractivity contribution is 0.307. The lowest BCUT2D eigenvalue weighted by Gasteiger charge is -2.13. The van der Waals surface area contributed by atoms with Crippen LogP contribution in [-0.2, 0) is 16.6 Å². The SMILES string of the molecule is Cc1ccc(S(=O)(=O)Nc2ncccc2OCc2ccc(Cl)c(Cl)c2)cc1. The Kier molecular flexibility index (Phi) is 5.89. The first-order valence-electron chi connectivity index (χ1n) is 7.96. The van der Waals surface area contributed by atoms with Gasteiger partial charge in [-0.05, 0) is 48.9 Å². The molecular formula is C19H16Cl2N2O3S. The van der Waals surface area contributed by atoms with Crippen LogP contribution in [0.25, 0.3) is 0 Å². The molecule has 0 aliphatic carbocycles. The molecule has 140 valence electrons. The molecule has 0 aliphatic heterocycles. The zero-order valence-electron chi connectivity index (χ0n) is 14.3. The van der Waals surface area contributed by atoms with E-state index in [1.165, 1.54) is 18.3 Å². The van der Waals surface area contributed by atoms with Crippen LogP contribution >= 0.6 is 23.2 Å². The molecule has 0 amide bonds. The maximum absolute atomic E-state index is 12.6. The number of pyridine rings is 1. The van der Waals surface area contributed by atoms with Crippen molar-refractivity contribution in [2.24, 2.45) is 0 Å². The van der Waals surface area contributed by atoms with Crippen LogP contribution in [-0.4, -0.2) is 13.4 Å². The van der Waals surface area contributed by atoms with E-state index in [0.29, 0.717) is 15.8 Å². The number of rotatable bonds is 6. The topological polar surface area (TPSA) is 68.3 Å². The second-order valence-electron chi connectivity index (χ2n) is 5.81. The predicted molar refractivity (Wildman–Crippen MR) is 107 cm³/mol. The average molecular weight is 423 g/mol. The van der Waals surface area contributed by atoms with Crippen LogP contribution < -0.4 is 9.46 Å². The van der Waals surface area contributed by atoms with Crippen molar-refractivity contribution in [2.75, 3.05) is 4.72 Å². The van der Waals surface area contributed by atoms with Gasteiger partial charge in [0.1, 0.15) is 6.61 Å². The first kappa shape index (κ1) is 19.5. The number of hydrogen-bond acceptors (Lipinski definition) is 4. The van der Waals surface area contributed by atoms with Gasteiger partial charge >= 0.3 is 0 Å². The summed E-state index contributed by atoms with van der Waals surface area (Å²) in [5.74, 6) is 0.414. The Morgan fingerprint density at radius 2 is 1.78 bits per heavy atom. The van der Waals surface area contributed by atoms with Crippen molar-refractivity contribution in [1.29, 1.82) is 0 Å². The fourth-order valence-electron chi connectivity index (χ4n) is 2.28. The number of aromatic nitrogens is 1. The number of hydrogen-bond donors (Lipinski definition) is 1. The minimum Gasteiger partial charge on any atom is -0.485 e. The van der Waals surface area contributed by atoms with Gasteiger partial charge in [-0.3, -0.25) is 4.72 Å². The van der Waals surface area contributed by atoms with E-state index in [1.807, 2.05) is 6.92 Å². The van der Waals surface area contributed by atoms with E-state index in [1.54, 1.807) is 42.5 Å². The maximum Gasteiger partial charge on any atom is 0.263 e. The largest absolute Gasteiger partial charge is 0.485 e. The van der Waals surface area contributed by atoms with E-state index < -0.39 is 10.0 Å². The fraction of sp³-hybridized carbons (Fsp3) is 0.105. The molecule has 0 aliphatic rings. The van der Waals surface area contributed by atoms with Crippen LogP contribution in [0.5, 0.6) is 5.75 Å². The van der Waals surface area contributed by atoms with E-state index >= 15 is 0 Å². The number of nitrogens with one attached hydrogen (secondary N) is 1. The Hall–Kier alpha value is -2.28. The molecule has 8 heteroatoms. The maximum atomic E-state index is 12.6. The molecular weight excluding hydrogens is 407 g/mol. The molecule has 2 aromatic carbocycles. The van der Waals surface area contributed by atoms with Gasteiger partial charge in [0.05, 0.1) is 14.9 Å². The highest BCUT2D eigenvalue weighted by atomic mass is 35.5. The van der Waals surface area contributed by atoms with Crippen molar-refractivity contribution < 1.29 is 13.2 Å². The number of anilines is 1. The van der Waals surface area contributed by atoms with E-state index in [2.05, 4.69) is 9.71 Å². The molecule has 0 spiro atoms. The molecule has 0 unspecified atom stereocenters. The Balaban J connectivity index is 1.79. The summed E-state index contributed by atoms with van der Waals surface area (Å²) in [6, 6.07) is 15.0. The molecule has 0 saturated heterocycles. The third-order valence-corrected chi connectivity index (χ3v) is 5.81. The molecule has 27 heavy (non-hydrogen) atoms. The second-order valence-corrected chi connectivity index (χ2v) is 8.30. The van der Waals surface area contributed by atoms with Gasteiger partial charge in [0.2, 0.25) is 0 Å². The lowest BCUT2D eigenvalue weighted by atomic mass is 10.2. The summed E-state index contributed by atoms with van der Waals surface area (Å²) in [6.07, 6.45) is 1.49. The third kappa shape index (κ3) is 4.91.